The van der Waals surface area contributed by atoms with Gasteiger partial charge in [-0.25, -0.2) is 0 Å². The van der Waals surface area contributed by atoms with Gasteiger partial charge in [0.15, 0.2) is 0 Å². The van der Waals surface area contributed by atoms with Crippen molar-refractivity contribution in [3.63, 3.8) is 0 Å². The van der Waals surface area contributed by atoms with Gasteiger partial charge in [0.2, 0.25) is 0 Å². The molecule has 0 amide bonds. The molecule has 2 nitrogen and oxygen atoms in total. The number of hydrogen-bond donors (Lipinski definition) is 0. The van der Waals surface area contributed by atoms with Gasteiger partial charge in [-0.2, -0.15) is 0 Å². The zero-order chi connectivity index (χ0) is 31.8. The molecule has 8 rings (SSSR count). The smallest absolute Gasteiger partial charge is 0.0540 e. The lowest BCUT2D eigenvalue weighted by Gasteiger charge is -2.27. The zero-order valence-corrected chi connectivity index (χ0v) is 26.4. The van der Waals surface area contributed by atoms with Gasteiger partial charge in [-0.1, -0.05) is 146 Å². The molecule has 226 valence electrons. The molecular formula is C45H36N2. The Kier molecular flexibility index (Phi) is 8.74. The summed E-state index contributed by atoms with van der Waals surface area (Å²) < 4.78 is 0. The van der Waals surface area contributed by atoms with Crippen molar-refractivity contribution in [1.29, 1.82) is 0 Å². The van der Waals surface area contributed by atoms with E-state index in [0.29, 0.717) is 0 Å². The molecule has 47 heavy (non-hydrogen) atoms. The number of rotatable bonds is 6. The van der Waals surface area contributed by atoms with Gasteiger partial charge in [0.05, 0.1) is 5.69 Å². The van der Waals surface area contributed by atoms with Gasteiger partial charge in [-0.15, -0.1) is 0 Å². The molecule has 8 aromatic rings. The number of fused-ring (bicyclic) bond motifs is 2. The van der Waals surface area contributed by atoms with Crippen LogP contribution in [0.25, 0.3) is 32.7 Å². The monoisotopic (exact) mass is 604 g/mol. The van der Waals surface area contributed by atoms with Gasteiger partial charge in [0, 0.05) is 35.2 Å². The van der Waals surface area contributed by atoms with Crippen LogP contribution in [-0.2, 0) is 0 Å². The van der Waals surface area contributed by atoms with Crippen LogP contribution in [0.3, 0.4) is 0 Å². The zero-order valence-electron chi connectivity index (χ0n) is 26.4. The summed E-state index contributed by atoms with van der Waals surface area (Å²) in [6, 6.07) is 70.4. The average Bonchev–Trinajstić information content (AvgIpc) is 3.16. The van der Waals surface area contributed by atoms with Crippen molar-refractivity contribution in [2.24, 2.45) is 0 Å². The molecule has 0 aliphatic carbocycles. The van der Waals surface area contributed by atoms with Crippen LogP contribution in [0.15, 0.2) is 200 Å². The second kappa shape index (κ2) is 13.9. The Morgan fingerprint density at radius 3 is 1.23 bits per heavy atom. The molecule has 0 spiro atoms. The van der Waals surface area contributed by atoms with Gasteiger partial charge in [0.1, 0.15) is 0 Å². The van der Waals surface area contributed by atoms with Gasteiger partial charge in [0.25, 0.3) is 0 Å². The predicted molar refractivity (Wildman–Crippen MR) is 203 cm³/mol. The fourth-order valence-electron chi connectivity index (χ4n) is 6.02. The molecule has 8 aromatic carbocycles. The Bertz CT molecular complexity index is 2120. The van der Waals surface area contributed by atoms with Crippen LogP contribution < -0.4 is 9.80 Å². The Hall–Kier alpha value is -6.12. The minimum absolute atomic E-state index is 1.13. The minimum Gasteiger partial charge on any atom is -0.345 e. The summed E-state index contributed by atoms with van der Waals surface area (Å²) in [5.41, 5.74) is 8.18. The lowest BCUT2D eigenvalue weighted by atomic mass is 10.0. The summed E-state index contributed by atoms with van der Waals surface area (Å²) in [5, 5.41) is 5.09. The Balaban J connectivity index is 0.000000298. The summed E-state index contributed by atoms with van der Waals surface area (Å²) in [4.78, 5) is 4.54. The van der Waals surface area contributed by atoms with Crippen LogP contribution >= 0.6 is 0 Å². The van der Waals surface area contributed by atoms with E-state index >= 15 is 0 Å². The first kappa shape index (κ1) is 29.6. The highest BCUT2D eigenvalue weighted by Crippen LogP contribution is 2.39. The van der Waals surface area contributed by atoms with E-state index in [1.54, 1.807) is 0 Å². The maximum Gasteiger partial charge on any atom is 0.0540 e. The van der Waals surface area contributed by atoms with Crippen LogP contribution in [0.5, 0.6) is 0 Å². The van der Waals surface area contributed by atoms with Gasteiger partial charge in [-0.3, -0.25) is 0 Å². The van der Waals surface area contributed by atoms with E-state index in [4.69, 9.17) is 0 Å². The fourth-order valence-corrected chi connectivity index (χ4v) is 6.02. The molecule has 0 N–H and O–H groups in total. The third-order valence-electron chi connectivity index (χ3n) is 8.54. The molecule has 0 aromatic heterocycles. The van der Waals surface area contributed by atoms with E-state index in [1.165, 1.54) is 44.0 Å². The van der Waals surface area contributed by atoms with E-state index in [1.807, 2.05) is 6.07 Å². The van der Waals surface area contributed by atoms with Crippen molar-refractivity contribution < 1.29 is 0 Å². The quantitative estimate of drug-likeness (QED) is 0.186. The van der Waals surface area contributed by atoms with Crippen LogP contribution in [-0.4, -0.2) is 7.05 Å². The van der Waals surface area contributed by atoms with Gasteiger partial charge < -0.3 is 9.80 Å². The van der Waals surface area contributed by atoms with E-state index < -0.39 is 0 Å². The molecule has 0 bridgehead atoms. The topological polar surface area (TPSA) is 6.48 Å². The van der Waals surface area contributed by atoms with Gasteiger partial charge in [-0.05, 0) is 81.9 Å². The first-order valence-corrected chi connectivity index (χ1v) is 16.0. The number of hydrogen-bond acceptors (Lipinski definition) is 2. The van der Waals surface area contributed by atoms with E-state index in [2.05, 4.69) is 211 Å². The van der Waals surface area contributed by atoms with Crippen molar-refractivity contribution in [3.8, 4) is 11.1 Å². The Morgan fingerprint density at radius 2 is 0.681 bits per heavy atom. The van der Waals surface area contributed by atoms with Crippen molar-refractivity contribution in [1.82, 2.24) is 0 Å². The molecule has 0 unspecified atom stereocenters. The molecule has 0 heterocycles. The lowest BCUT2D eigenvalue weighted by molar-refractivity contribution is 1.21. The molecular weight excluding hydrogens is 569 g/mol. The summed E-state index contributed by atoms with van der Waals surface area (Å²) in [6.45, 7) is 0. The maximum absolute atomic E-state index is 2.34. The minimum atomic E-state index is 1.13. The number of nitrogens with zero attached hydrogens (tertiary/aromatic N) is 2. The molecule has 2 heteroatoms. The van der Waals surface area contributed by atoms with Crippen LogP contribution in [0.2, 0.25) is 0 Å². The lowest BCUT2D eigenvalue weighted by Crippen LogP contribution is -2.10. The molecule has 0 fully saturated rings. The van der Waals surface area contributed by atoms with Crippen LogP contribution in [0.1, 0.15) is 0 Å². The Labute approximate surface area is 277 Å². The fraction of sp³-hybridized carbons (Fsp3) is 0.0222. The van der Waals surface area contributed by atoms with Crippen molar-refractivity contribution in [3.05, 3.63) is 200 Å². The van der Waals surface area contributed by atoms with Crippen molar-refractivity contribution in [2.45, 2.75) is 0 Å². The highest BCUT2D eigenvalue weighted by Gasteiger charge is 2.15. The number of anilines is 5. The summed E-state index contributed by atoms with van der Waals surface area (Å²) >= 11 is 0. The van der Waals surface area contributed by atoms with Gasteiger partial charge >= 0.3 is 0 Å². The first-order chi connectivity index (χ1) is 23.2. The molecule has 0 aliphatic rings. The molecule has 0 aliphatic heterocycles. The summed E-state index contributed by atoms with van der Waals surface area (Å²) in [5.74, 6) is 0. The molecule has 0 saturated heterocycles. The number of benzene rings is 8. The molecule has 0 saturated carbocycles. The third-order valence-corrected chi connectivity index (χ3v) is 8.54. The largest absolute Gasteiger partial charge is 0.345 e. The second-order valence-corrected chi connectivity index (χ2v) is 11.5. The average molecular weight is 605 g/mol. The van der Waals surface area contributed by atoms with Crippen LogP contribution in [0, 0.1) is 0 Å². The summed E-state index contributed by atoms with van der Waals surface area (Å²) in [7, 11) is 2.10. The standard InChI is InChI=1S/C35H28N2.C10H8/c1-36(30-13-4-2-5-14-30)31-23-19-27(20-24-31)28-21-25-33(26-22-28)37(32-15-6-3-7-16-32)35-18-10-12-29-11-8-9-17-34(29)35;1-2-6-10-8-4-3-7-9(10)5-1/h2-26H,1H3;1-8H. The second-order valence-electron chi connectivity index (χ2n) is 11.5. The maximum atomic E-state index is 2.34. The first-order valence-electron chi connectivity index (χ1n) is 16.0. The van der Waals surface area contributed by atoms with Crippen molar-refractivity contribution >= 4 is 50.0 Å². The number of para-hydroxylation sites is 2. The van der Waals surface area contributed by atoms with E-state index in [-0.39, 0.29) is 0 Å². The SMILES string of the molecule is CN(c1ccccc1)c1ccc(-c2ccc(N(c3ccccc3)c3cccc4ccccc34)cc2)cc1.c1ccc2ccccc2c1. The highest BCUT2D eigenvalue weighted by molar-refractivity contribution is 5.99. The van der Waals surface area contributed by atoms with Crippen molar-refractivity contribution in [2.75, 3.05) is 16.8 Å². The third kappa shape index (κ3) is 6.63. The highest BCUT2D eigenvalue weighted by atomic mass is 15.1. The Morgan fingerprint density at radius 1 is 0.298 bits per heavy atom. The molecule has 0 atom stereocenters. The molecule has 0 radical (unpaired) electrons. The van der Waals surface area contributed by atoms with E-state index in [0.717, 1.165) is 17.1 Å². The predicted octanol–water partition coefficient (Wildman–Crippen LogP) is 12.6. The summed E-state index contributed by atoms with van der Waals surface area (Å²) in [6.07, 6.45) is 0. The van der Waals surface area contributed by atoms with E-state index in [9.17, 15) is 0 Å². The normalized spacial score (nSPS) is 10.7. The van der Waals surface area contributed by atoms with Crippen LogP contribution in [0.4, 0.5) is 28.4 Å².